The zero-order valence-electron chi connectivity index (χ0n) is 20.6. The van der Waals surface area contributed by atoms with Crippen LogP contribution in [-0.4, -0.2) is 72.8 Å². The minimum absolute atomic E-state index is 0.266. The lowest BCUT2D eigenvalue weighted by atomic mass is 10.1. The van der Waals surface area contributed by atoms with Gasteiger partial charge in [0.15, 0.2) is 0 Å². The molecule has 2 aliphatic rings. The molecule has 38 heavy (non-hydrogen) atoms. The van der Waals surface area contributed by atoms with Crippen molar-refractivity contribution in [1.29, 1.82) is 0 Å². The highest BCUT2D eigenvalue weighted by Crippen LogP contribution is 2.31. The van der Waals surface area contributed by atoms with E-state index in [2.05, 4.69) is 30.3 Å². The van der Waals surface area contributed by atoms with E-state index in [0.717, 1.165) is 66.9 Å². The van der Waals surface area contributed by atoms with Crippen LogP contribution in [0.15, 0.2) is 48.9 Å². The van der Waals surface area contributed by atoms with Crippen LogP contribution in [0.3, 0.4) is 0 Å². The summed E-state index contributed by atoms with van der Waals surface area (Å²) in [6, 6.07) is 9.41. The lowest BCUT2D eigenvalue weighted by molar-refractivity contribution is -0.142. The second-order valence-electron chi connectivity index (χ2n) is 9.91. The largest absolute Gasteiger partial charge is 0.408 e. The van der Waals surface area contributed by atoms with E-state index < -0.39 is 12.7 Å². The average Bonchev–Trinajstić information content (AvgIpc) is 3.50. The van der Waals surface area contributed by atoms with Crippen molar-refractivity contribution in [2.24, 2.45) is 5.92 Å². The van der Waals surface area contributed by atoms with Gasteiger partial charge in [-0.1, -0.05) is 6.07 Å². The molecule has 1 aliphatic carbocycles. The number of alkyl halides is 3. The first kappa shape index (κ1) is 24.4. The minimum Gasteiger partial charge on any atom is -0.340 e. The van der Waals surface area contributed by atoms with Crippen molar-refractivity contribution in [3.05, 3.63) is 54.5 Å². The summed E-state index contributed by atoms with van der Waals surface area (Å²) in [5.74, 6) is 1.75. The van der Waals surface area contributed by atoms with Gasteiger partial charge in [0.2, 0.25) is 11.9 Å². The number of anilines is 2. The van der Waals surface area contributed by atoms with E-state index in [-0.39, 0.29) is 5.92 Å². The highest BCUT2D eigenvalue weighted by molar-refractivity contribution is 5.83. The topological polar surface area (TPSA) is 95.0 Å². The lowest BCUT2D eigenvalue weighted by Crippen LogP contribution is -2.48. The second kappa shape index (κ2) is 9.75. The molecule has 2 fully saturated rings. The maximum atomic E-state index is 12.7. The first-order chi connectivity index (χ1) is 18.3. The number of fused-ring (bicyclic) bond motifs is 1. The summed E-state index contributed by atoms with van der Waals surface area (Å²) in [6.07, 6.45) is 2.30. The van der Waals surface area contributed by atoms with Crippen molar-refractivity contribution in [3.63, 3.8) is 0 Å². The molecule has 1 aliphatic heterocycles. The predicted molar refractivity (Wildman–Crippen MR) is 135 cm³/mol. The van der Waals surface area contributed by atoms with Crippen LogP contribution in [0, 0.1) is 5.92 Å². The van der Waals surface area contributed by atoms with Gasteiger partial charge < -0.3 is 15.2 Å². The third-order valence-electron chi connectivity index (χ3n) is 6.88. The molecule has 1 saturated heterocycles. The van der Waals surface area contributed by atoms with Crippen LogP contribution in [0.5, 0.6) is 0 Å². The van der Waals surface area contributed by atoms with E-state index in [9.17, 15) is 18.0 Å². The number of H-pyrrole nitrogens is 1. The Morgan fingerprint density at radius 1 is 1.08 bits per heavy atom. The van der Waals surface area contributed by atoms with Crippen molar-refractivity contribution in [2.45, 2.75) is 32.1 Å². The third-order valence-corrected chi connectivity index (χ3v) is 6.88. The summed E-state index contributed by atoms with van der Waals surface area (Å²) in [5, 5.41) is 7.03. The summed E-state index contributed by atoms with van der Waals surface area (Å²) >= 11 is 0. The van der Waals surface area contributed by atoms with Crippen LogP contribution < -0.4 is 5.32 Å². The Kier molecular flexibility index (Phi) is 6.26. The zero-order valence-corrected chi connectivity index (χ0v) is 20.6. The molecule has 0 radical (unpaired) electrons. The van der Waals surface area contributed by atoms with Crippen molar-refractivity contribution in [3.8, 4) is 11.1 Å². The molecule has 0 spiro atoms. The number of nitrogens with one attached hydrogen (secondary N) is 2. The Morgan fingerprint density at radius 3 is 2.66 bits per heavy atom. The summed E-state index contributed by atoms with van der Waals surface area (Å²) in [7, 11) is 0. The van der Waals surface area contributed by atoms with Gasteiger partial charge in [0.1, 0.15) is 12.4 Å². The fourth-order valence-corrected chi connectivity index (χ4v) is 4.77. The number of imidazole rings is 1. The second-order valence-corrected chi connectivity index (χ2v) is 9.91. The Hall–Kier alpha value is -3.93. The first-order valence-electron chi connectivity index (χ1n) is 12.6. The highest BCUT2D eigenvalue weighted by atomic mass is 19.4. The van der Waals surface area contributed by atoms with Gasteiger partial charge in [-0.05, 0) is 48.2 Å². The van der Waals surface area contributed by atoms with Gasteiger partial charge in [0, 0.05) is 56.6 Å². The number of halogens is 3. The molecule has 1 saturated carbocycles. The Labute approximate surface area is 216 Å². The lowest BCUT2D eigenvalue weighted by Gasteiger charge is -2.34. The molecule has 2 N–H and O–H groups in total. The summed E-state index contributed by atoms with van der Waals surface area (Å²) in [5.41, 5.74) is 3.89. The molecule has 4 heterocycles. The number of rotatable bonds is 7. The van der Waals surface area contributed by atoms with Crippen molar-refractivity contribution in [1.82, 2.24) is 34.5 Å². The number of aromatic nitrogens is 5. The quantitative estimate of drug-likeness (QED) is 0.377. The van der Waals surface area contributed by atoms with Gasteiger partial charge in [0.25, 0.3) is 0 Å². The number of carbonyl (C=O) groups is 1. The number of benzene rings is 1. The molecular weight excluding hydrogens is 497 g/mol. The maximum absolute atomic E-state index is 12.7. The summed E-state index contributed by atoms with van der Waals surface area (Å²) in [4.78, 5) is 28.8. The monoisotopic (exact) mass is 524 g/mol. The molecule has 0 unspecified atom stereocenters. The highest BCUT2D eigenvalue weighted by Gasteiger charge is 2.34. The van der Waals surface area contributed by atoms with Gasteiger partial charge in [0.05, 0.1) is 17.2 Å². The molecule has 0 atom stereocenters. The van der Waals surface area contributed by atoms with Crippen molar-refractivity contribution in [2.75, 3.05) is 31.5 Å². The normalized spacial score (nSPS) is 16.8. The van der Waals surface area contributed by atoms with Crippen LogP contribution >= 0.6 is 0 Å². The number of aromatic amines is 1. The van der Waals surface area contributed by atoms with Gasteiger partial charge >= 0.3 is 6.18 Å². The molecule has 6 rings (SSSR count). The van der Waals surface area contributed by atoms with Crippen molar-refractivity contribution < 1.29 is 18.0 Å². The fourth-order valence-electron chi connectivity index (χ4n) is 4.77. The van der Waals surface area contributed by atoms with E-state index in [4.69, 9.17) is 0 Å². The molecule has 198 valence electrons. The van der Waals surface area contributed by atoms with Crippen LogP contribution in [0.2, 0.25) is 0 Å². The standard InChI is InChI=1S/C26H27F3N8O/c27-26(28,29)16-37-15-20(13-31-37)19-3-4-21-22(12-19)33-25(32-21)34-23-11-17(5-6-30-23)14-35-7-9-36(10-8-35)24(38)18-1-2-18/h3-6,11-13,15,18H,1-2,7-10,14,16H2,(H2,30,32,33,34). The maximum Gasteiger partial charge on any atom is 0.408 e. The molecule has 1 aromatic carbocycles. The number of carbonyl (C=O) groups excluding carboxylic acids is 1. The number of piperazine rings is 1. The summed E-state index contributed by atoms with van der Waals surface area (Å²) in [6.45, 7) is 2.89. The molecule has 4 aromatic rings. The number of amides is 1. The van der Waals surface area contributed by atoms with E-state index in [0.29, 0.717) is 28.8 Å². The Balaban J connectivity index is 1.09. The molecule has 9 nitrogen and oxygen atoms in total. The summed E-state index contributed by atoms with van der Waals surface area (Å²) < 4.78 is 38.8. The van der Waals surface area contributed by atoms with E-state index in [1.807, 2.05) is 29.2 Å². The Bertz CT molecular complexity index is 1450. The molecule has 3 aromatic heterocycles. The average molecular weight is 525 g/mol. The van der Waals surface area contributed by atoms with Gasteiger partial charge in [-0.25, -0.2) is 9.97 Å². The predicted octanol–water partition coefficient (Wildman–Crippen LogP) is 4.18. The number of hydrogen-bond acceptors (Lipinski definition) is 6. The van der Waals surface area contributed by atoms with Gasteiger partial charge in [-0.15, -0.1) is 0 Å². The first-order valence-corrected chi connectivity index (χ1v) is 12.6. The van der Waals surface area contributed by atoms with E-state index in [1.54, 1.807) is 12.3 Å². The smallest absolute Gasteiger partial charge is 0.340 e. The number of nitrogens with zero attached hydrogens (tertiary/aromatic N) is 6. The van der Waals surface area contributed by atoms with E-state index >= 15 is 0 Å². The Morgan fingerprint density at radius 2 is 1.89 bits per heavy atom. The molecule has 0 bridgehead atoms. The van der Waals surface area contributed by atoms with Crippen molar-refractivity contribution >= 4 is 28.7 Å². The minimum atomic E-state index is -4.33. The molecular formula is C26H27F3N8O. The molecule has 12 heteroatoms. The van der Waals surface area contributed by atoms with Crippen LogP contribution in [0.4, 0.5) is 24.9 Å². The van der Waals surface area contributed by atoms with Crippen LogP contribution in [0.1, 0.15) is 18.4 Å². The SMILES string of the molecule is O=C(C1CC1)N1CCN(Cc2ccnc(Nc3nc4ccc(-c5cnn(CC(F)(F)F)c5)cc4[nH]3)c2)CC1. The van der Waals surface area contributed by atoms with Gasteiger partial charge in [-0.2, -0.15) is 18.3 Å². The number of hydrogen-bond donors (Lipinski definition) is 2. The number of pyridine rings is 1. The zero-order chi connectivity index (χ0) is 26.3. The van der Waals surface area contributed by atoms with Crippen LogP contribution in [0.25, 0.3) is 22.2 Å². The van der Waals surface area contributed by atoms with Gasteiger partial charge in [-0.3, -0.25) is 14.4 Å². The third kappa shape index (κ3) is 5.64. The van der Waals surface area contributed by atoms with E-state index in [1.165, 1.54) is 12.4 Å². The fraction of sp³-hybridized carbons (Fsp3) is 0.385. The van der Waals surface area contributed by atoms with Crippen LogP contribution in [-0.2, 0) is 17.9 Å². The molecule has 1 amide bonds.